The van der Waals surface area contributed by atoms with E-state index in [0.29, 0.717) is 17.3 Å². The summed E-state index contributed by atoms with van der Waals surface area (Å²) < 4.78 is 13.6. The second kappa shape index (κ2) is 5.23. The molecular weight excluding hydrogens is 239 g/mol. The van der Waals surface area contributed by atoms with Crippen LogP contribution in [-0.4, -0.2) is 6.54 Å². The van der Waals surface area contributed by atoms with Crippen molar-refractivity contribution < 1.29 is 4.39 Å². The fourth-order valence-corrected chi connectivity index (χ4v) is 1.95. The summed E-state index contributed by atoms with van der Waals surface area (Å²) in [7, 11) is 0. The van der Waals surface area contributed by atoms with Gasteiger partial charge in [0.15, 0.2) is 0 Å². The smallest absolute Gasteiger partial charge is 0.128 e. The molecule has 4 heteroatoms. The number of benzene rings is 1. The minimum absolute atomic E-state index is 0.0960. The van der Waals surface area contributed by atoms with E-state index in [4.69, 9.17) is 11.6 Å². The lowest BCUT2D eigenvalue weighted by Gasteiger charge is -2.19. The molecule has 0 saturated carbocycles. The van der Waals surface area contributed by atoms with E-state index in [-0.39, 0.29) is 11.9 Å². The predicted molar refractivity (Wildman–Crippen MR) is 68.0 cm³/mol. The molecule has 0 aliphatic carbocycles. The topological polar surface area (TPSA) is 24.1 Å². The van der Waals surface area contributed by atoms with Gasteiger partial charge in [0.1, 0.15) is 11.0 Å². The first-order valence-corrected chi connectivity index (χ1v) is 5.87. The molecule has 0 bridgehead atoms. The molecular formula is C13H14ClFN2. The van der Waals surface area contributed by atoms with Gasteiger partial charge >= 0.3 is 0 Å². The highest BCUT2D eigenvalue weighted by molar-refractivity contribution is 6.29. The van der Waals surface area contributed by atoms with Crippen LogP contribution in [0.15, 0.2) is 47.3 Å². The summed E-state index contributed by atoms with van der Waals surface area (Å²) in [6, 6.07) is 6.66. The van der Waals surface area contributed by atoms with Crippen molar-refractivity contribution in [3.8, 4) is 0 Å². The number of halogens is 2. The monoisotopic (exact) mass is 252 g/mol. The number of nitrogens with one attached hydrogen (secondary N) is 2. The average molecular weight is 253 g/mol. The molecule has 0 aromatic heterocycles. The number of allylic oxidation sites excluding steroid dienone is 1. The maximum absolute atomic E-state index is 13.6. The molecule has 1 aromatic rings. The van der Waals surface area contributed by atoms with Crippen molar-refractivity contribution in [3.63, 3.8) is 0 Å². The van der Waals surface area contributed by atoms with Crippen LogP contribution in [0.2, 0.25) is 0 Å². The van der Waals surface area contributed by atoms with Crippen molar-refractivity contribution in [2.24, 2.45) is 0 Å². The molecule has 1 aromatic carbocycles. The van der Waals surface area contributed by atoms with Gasteiger partial charge in [-0.05, 0) is 25.1 Å². The highest BCUT2D eigenvalue weighted by Crippen LogP contribution is 2.18. The molecule has 90 valence electrons. The summed E-state index contributed by atoms with van der Waals surface area (Å²) in [4.78, 5) is 0. The van der Waals surface area contributed by atoms with E-state index in [0.717, 1.165) is 5.70 Å². The highest BCUT2D eigenvalue weighted by atomic mass is 35.5. The second-order valence-electron chi connectivity index (χ2n) is 3.92. The standard InChI is InChI=1S/C13H14ClFN2/c1-9(11-4-2-3-5-12(11)15)17-10-6-7-16-13(14)8-10/h2-6,8-9,16-17H,7H2,1H3/t9-/m0/s1. The normalized spacial score (nSPS) is 16.6. The van der Waals surface area contributed by atoms with Crippen LogP contribution in [0.25, 0.3) is 0 Å². The number of hydrogen-bond acceptors (Lipinski definition) is 2. The summed E-state index contributed by atoms with van der Waals surface area (Å²) in [6.45, 7) is 2.60. The number of hydrogen-bond donors (Lipinski definition) is 2. The fraction of sp³-hybridized carbons (Fsp3) is 0.231. The van der Waals surface area contributed by atoms with Crippen LogP contribution >= 0.6 is 11.6 Å². The molecule has 1 aliphatic heterocycles. The van der Waals surface area contributed by atoms with Gasteiger partial charge in [0.05, 0.1) is 6.04 Å². The van der Waals surface area contributed by atoms with Crippen LogP contribution in [0.4, 0.5) is 4.39 Å². The van der Waals surface area contributed by atoms with E-state index in [1.165, 1.54) is 6.07 Å². The van der Waals surface area contributed by atoms with E-state index in [2.05, 4.69) is 10.6 Å². The van der Waals surface area contributed by atoms with Crippen LogP contribution in [-0.2, 0) is 0 Å². The maximum Gasteiger partial charge on any atom is 0.128 e. The van der Waals surface area contributed by atoms with Gasteiger partial charge in [-0.3, -0.25) is 0 Å². The van der Waals surface area contributed by atoms with Gasteiger partial charge in [0.25, 0.3) is 0 Å². The summed E-state index contributed by atoms with van der Waals surface area (Å²) in [6.07, 6.45) is 3.77. The Labute approximate surface area is 105 Å². The van der Waals surface area contributed by atoms with E-state index in [9.17, 15) is 4.39 Å². The lowest BCUT2D eigenvalue weighted by atomic mass is 10.1. The lowest BCUT2D eigenvalue weighted by molar-refractivity contribution is 0.565. The molecule has 1 heterocycles. The third kappa shape index (κ3) is 3.01. The van der Waals surface area contributed by atoms with Gasteiger partial charge < -0.3 is 10.6 Å². The Morgan fingerprint density at radius 1 is 1.41 bits per heavy atom. The van der Waals surface area contributed by atoms with Crippen molar-refractivity contribution >= 4 is 11.6 Å². The Hall–Kier alpha value is -1.48. The van der Waals surface area contributed by atoms with E-state index >= 15 is 0 Å². The van der Waals surface area contributed by atoms with Crippen LogP contribution in [0.5, 0.6) is 0 Å². The predicted octanol–water partition coefficient (Wildman–Crippen LogP) is 3.04. The molecule has 0 fully saturated rings. The fourth-order valence-electron chi connectivity index (χ4n) is 1.76. The molecule has 2 N–H and O–H groups in total. The molecule has 0 saturated heterocycles. The maximum atomic E-state index is 13.6. The van der Waals surface area contributed by atoms with Gasteiger partial charge in [-0.1, -0.05) is 29.8 Å². The van der Waals surface area contributed by atoms with Gasteiger partial charge in [-0.2, -0.15) is 0 Å². The zero-order valence-corrected chi connectivity index (χ0v) is 10.3. The molecule has 0 radical (unpaired) electrons. The third-order valence-corrected chi connectivity index (χ3v) is 2.87. The van der Waals surface area contributed by atoms with Crippen LogP contribution in [0.1, 0.15) is 18.5 Å². The zero-order valence-electron chi connectivity index (χ0n) is 9.50. The van der Waals surface area contributed by atoms with Gasteiger partial charge in [0.2, 0.25) is 0 Å². The summed E-state index contributed by atoms with van der Waals surface area (Å²) >= 11 is 5.87. The molecule has 0 amide bonds. The Morgan fingerprint density at radius 3 is 2.88 bits per heavy atom. The van der Waals surface area contributed by atoms with E-state index in [1.807, 2.05) is 19.1 Å². The minimum Gasteiger partial charge on any atom is -0.379 e. The van der Waals surface area contributed by atoms with Crippen molar-refractivity contribution in [2.45, 2.75) is 13.0 Å². The average Bonchev–Trinajstić information content (AvgIpc) is 2.29. The first kappa shape index (κ1) is 12.0. The summed E-state index contributed by atoms with van der Waals surface area (Å²) in [5.41, 5.74) is 1.56. The van der Waals surface area contributed by atoms with Crippen molar-refractivity contribution in [1.82, 2.24) is 10.6 Å². The third-order valence-electron chi connectivity index (χ3n) is 2.63. The molecule has 17 heavy (non-hydrogen) atoms. The molecule has 1 aliphatic rings. The second-order valence-corrected chi connectivity index (χ2v) is 4.33. The number of rotatable bonds is 3. The quantitative estimate of drug-likeness (QED) is 0.808. The minimum atomic E-state index is -0.197. The molecule has 0 unspecified atom stereocenters. The van der Waals surface area contributed by atoms with Crippen molar-refractivity contribution in [2.75, 3.05) is 6.54 Å². The SMILES string of the molecule is C[C@H](NC1=CCNC(Cl)=C1)c1ccccc1F. The van der Waals surface area contributed by atoms with E-state index in [1.54, 1.807) is 18.2 Å². The summed E-state index contributed by atoms with van der Waals surface area (Å²) in [5.74, 6) is -0.197. The zero-order chi connectivity index (χ0) is 12.3. The lowest BCUT2D eigenvalue weighted by Crippen LogP contribution is -2.23. The van der Waals surface area contributed by atoms with Crippen molar-refractivity contribution in [3.05, 3.63) is 58.7 Å². The first-order chi connectivity index (χ1) is 8.16. The molecule has 1 atom stereocenters. The Kier molecular flexibility index (Phi) is 3.69. The van der Waals surface area contributed by atoms with Crippen LogP contribution in [0, 0.1) is 5.82 Å². The van der Waals surface area contributed by atoms with Gasteiger partial charge in [-0.25, -0.2) is 4.39 Å². The largest absolute Gasteiger partial charge is 0.379 e. The Morgan fingerprint density at radius 2 is 2.18 bits per heavy atom. The summed E-state index contributed by atoms with van der Waals surface area (Å²) in [5, 5.41) is 6.79. The van der Waals surface area contributed by atoms with Crippen LogP contribution in [0.3, 0.4) is 0 Å². The first-order valence-electron chi connectivity index (χ1n) is 5.49. The molecule has 2 nitrogen and oxygen atoms in total. The van der Waals surface area contributed by atoms with Gasteiger partial charge in [0, 0.05) is 17.8 Å². The molecule has 2 rings (SSSR count). The Bertz CT molecular complexity index is 468. The van der Waals surface area contributed by atoms with E-state index < -0.39 is 0 Å². The molecule has 0 spiro atoms. The Balaban J connectivity index is 2.10. The van der Waals surface area contributed by atoms with Crippen LogP contribution < -0.4 is 10.6 Å². The highest BCUT2D eigenvalue weighted by Gasteiger charge is 2.11. The van der Waals surface area contributed by atoms with Gasteiger partial charge in [-0.15, -0.1) is 0 Å². The number of dihydropyridines is 1. The van der Waals surface area contributed by atoms with Crippen molar-refractivity contribution in [1.29, 1.82) is 0 Å².